The first-order valence-electron chi connectivity index (χ1n) is 4.81. The molecule has 2 N–H and O–H groups in total. The molecule has 0 heterocycles. The first-order chi connectivity index (χ1) is 7.43. The van der Waals surface area contributed by atoms with Gasteiger partial charge in [0.1, 0.15) is 0 Å². The van der Waals surface area contributed by atoms with Crippen molar-refractivity contribution in [3.63, 3.8) is 0 Å². The predicted octanol–water partition coefficient (Wildman–Crippen LogP) is 1.88. The van der Waals surface area contributed by atoms with E-state index in [0.29, 0.717) is 5.69 Å². The van der Waals surface area contributed by atoms with Crippen molar-refractivity contribution < 1.29 is 13.5 Å². The van der Waals surface area contributed by atoms with Crippen molar-refractivity contribution in [2.75, 3.05) is 17.1 Å². The van der Waals surface area contributed by atoms with Gasteiger partial charge >= 0.3 is 0 Å². The number of anilines is 1. The quantitative estimate of drug-likeness (QED) is 0.873. The molecule has 0 radical (unpaired) electrons. The molecule has 0 aliphatic heterocycles. The third kappa shape index (κ3) is 4.51. The second-order valence-electron chi connectivity index (χ2n) is 3.52. The maximum Gasteiger partial charge on any atom is 0.232 e. The molecule has 0 aliphatic carbocycles. The summed E-state index contributed by atoms with van der Waals surface area (Å²) in [4.78, 5) is 0. The maximum atomic E-state index is 11.5. The van der Waals surface area contributed by atoms with E-state index in [0.717, 1.165) is 10.0 Å². The summed E-state index contributed by atoms with van der Waals surface area (Å²) < 4.78 is 26.4. The van der Waals surface area contributed by atoms with Crippen molar-refractivity contribution in [2.45, 2.75) is 13.3 Å². The minimum Gasteiger partial charge on any atom is -0.396 e. The lowest BCUT2D eigenvalue weighted by atomic mass is 10.2. The molecule has 0 fully saturated rings. The largest absolute Gasteiger partial charge is 0.396 e. The third-order valence-corrected chi connectivity index (χ3v) is 3.72. The number of aliphatic hydroxyl groups excluding tert-OH is 1. The van der Waals surface area contributed by atoms with Crippen molar-refractivity contribution in [3.05, 3.63) is 28.2 Å². The monoisotopic (exact) mass is 307 g/mol. The van der Waals surface area contributed by atoms with Gasteiger partial charge in [0, 0.05) is 16.8 Å². The fourth-order valence-corrected chi connectivity index (χ4v) is 2.98. The molecule has 1 aromatic rings. The van der Waals surface area contributed by atoms with Crippen LogP contribution in [-0.4, -0.2) is 25.9 Å². The first kappa shape index (κ1) is 13.5. The molecule has 4 nitrogen and oxygen atoms in total. The SMILES string of the molecule is Cc1cc(Br)cc(NS(=O)(=O)CCCO)c1. The number of nitrogens with one attached hydrogen (secondary N) is 1. The van der Waals surface area contributed by atoms with Gasteiger partial charge in [-0.2, -0.15) is 0 Å². The van der Waals surface area contributed by atoms with E-state index in [2.05, 4.69) is 20.7 Å². The van der Waals surface area contributed by atoms with E-state index in [1.54, 1.807) is 12.1 Å². The summed E-state index contributed by atoms with van der Waals surface area (Å²) in [6.07, 6.45) is 0.238. The van der Waals surface area contributed by atoms with Crippen LogP contribution in [0.15, 0.2) is 22.7 Å². The Balaban J connectivity index is 2.80. The van der Waals surface area contributed by atoms with Crippen LogP contribution in [0, 0.1) is 6.92 Å². The van der Waals surface area contributed by atoms with E-state index in [9.17, 15) is 8.42 Å². The number of hydrogen-bond acceptors (Lipinski definition) is 3. The number of benzene rings is 1. The van der Waals surface area contributed by atoms with Crippen LogP contribution in [0.5, 0.6) is 0 Å². The lowest BCUT2D eigenvalue weighted by Crippen LogP contribution is -2.17. The van der Waals surface area contributed by atoms with Gasteiger partial charge in [-0.15, -0.1) is 0 Å². The molecule has 16 heavy (non-hydrogen) atoms. The lowest BCUT2D eigenvalue weighted by Gasteiger charge is -2.08. The van der Waals surface area contributed by atoms with Gasteiger partial charge in [0.2, 0.25) is 10.0 Å². The number of hydrogen-bond donors (Lipinski definition) is 2. The minimum atomic E-state index is -3.36. The molecule has 1 aromatic carbocycles. The molecule has 0 amide bonds. The molecule has 0 bridgehead atoms. The van der Waals surface area contributed by atoms with Crippen molar-refractivity contribution in [3.8, 4) is 0 Å². The van der Waals surface area contributed by atoms with Gasteiger partial charge in [-0.3, -0.25) is 4.72 Å². The van der Waals surface area contributed by atoms with Crippen LogP contribution in [0.4, 0.5) is 5.69 Å². The summed E-state index contributed by atoms with van der Waals surface area (Å²) >= 11 is 3.30. The van der Waals surface area contributed by atoms with Crippen LogP contribution >= 0.6 is 15.9 Å². The average Bonchev–Trinajstić information content (AvgIpc) is 2.12. The van der Waals surface area contributed by atoms with Gasteiger partial charge in [-0.1, -0.05) is 15.9 Å². The van der Waals surface area contributed by atoms with E-state index in [1.165, 1.54) is 0 Å². The topological polar surface area (TPSA) is 66.4 Å². The van der Waals surface area contributed by atoms with E-state index >= 15 is 0 Å². The fourth-order valence-electron chi connectivity index (χ4n) is 1.28. The van der Waals surface area contributed by atoms with Crippen molar-refractivity contribution in [1.82, 2.24) is 0 Å². The highest BCUT2D eigenvalue weighted by Gasteiger charge is 2.10. The smallest absolute Gasteiger partial charge is 0.232 e. The molecule has 0 spiro atoms. The van der Waals surface area contributed by atoms with Gasteiger partial charge < -0.3 is 5.11 Å². The summed E-state index contributed by atoms with van der Waals surface area (Å²) in [5.74, 6) is -0.0743. The maximum absolute atomic E-state index is 11.5. The summed E-state index contributed by atoms with van der Waals surface area (Å²) in [6.45, 7) is 1.76. The standard InChI is InChI=1S/C10H14BrNO3S/c1-8-5-9(11)7-10(6-8)12-16(14,15)4-2-3-13/h5-7,12-13H,2-4H2,1H3. The number of rotatable bonds is 5. The Morgan fingerprint density at radius 1 is 1.38 bits per heavy atom. The molecule has 0 aliphatic rings. The number of halogens is 1. The molecule has 90 valence electrons. The molecule has 1 rings (SSSR count). The highest BCUT2D eigenvalue weighted by atomic mass is 79.9. The number of sulfonamides is 1. The lowest BCUT2D eigenvalue weighted by molar-refractivity contribution is 0.295. The highest BCUT2D eigenvalue weighted by Crippen LogP contribution is 2.20. The number of aliphatic hydroxyl groups is 1. The molecule has 0 saturated heterocycles. The summed E-state index contributed by atoms with van der Waals surface area (Å²) in [6, 6.07) is 5.34. The molecule has 0 unspecified atom stereocenters. The van der Waals surface area contributed by atoms with E-state index in [1.807, 2.05) is 13.0 Å². The first-order valence-corrected chi connectivity index (χ1v) is 7.26. The Morgan fingerprint density at radius 2 is 2.06 bits per heavy atom. The van der Waals surface area contributed by atoms with Gasteiger partial charge in [0.25, 0.3) is 0 Å². The summed E-state index contributed by atoms with van der Waals surface area (Å²) in [5.41, 5.74) is 1.50. The molecule has 0 aromatic heterocycles. The van der Waals surface area contributed by atoms with Crippen LogP contribution < -0.4 is 4.72 Å². The second kappa shape index (κ2) is 5.65. The van der Waals surface area contributed by atoms with Crippen LogP contribution in [0.1, 0.15) is 12.0 Å². The van der Waals surface area contributed by atoms with E-state index < -0.39 is 10.0 Å². The molecule has 0 atom stereocenters. The Morgan fingerprint density at radius 3 is 2.62 bits per heavy atom. The molecular formula is C10H14BrNO3S. The zero-order chi connectivity index (χ0) is 12.2. The molecular weight excluding hydrogens is 294 g/mol. The van der Waals surface area contributed by atoms with Crippen LogP contribution in [0.2, 0.25) is 0 Å². The average molecular weight is 308 g/mol. The van der Waals surface area contributed by atoms with Crippen molar-refractivity contribution in [1.29, 1.82) is 0 Å². The Kier molecular flexibility index (Phi) is 4.76. The molecule has 6 heteroatoms. The Bertz CT molecular complexity index is 439. The van der Waals surface area contributed by atoms with Gasteiger partial charge in [0.05, 0.1) is 5.75 Å². The normalized spacial score (nSPS) is 11.4. The van der Waals surface area contributed by atoms with E-state index in [-0.39, 0.29) is 18.8 Å². The zero-order valence-electron chi connectivity index (χ0n) is 8.90. The Hall–Kier alpha value is -0.590. The summed E-state index contributed by atoms with van der Waals surface area (Å²) in [7, 11) is -3.36. The van der Waals surface area contributed by atoms with Gasteiger partial charge in [-0.05, 0) is 37.1 Å². The van der Waals surface area contributed by atoms with Crippen LogP contribution in [-0.2, 0) is 10.0 Å². The third-order valence-electron chi connectivity index (χ3n) is 1.89. The van der Waals surface area contributed by atoms with Crippen molar-refractivity contribution in [2.24, 2.45) is 0 Å². The second-order valence-corrected chi connectivity index (χ2v) is 6.27. The Labute approximate surface area is 104 Å². The van der Waals surface area contributed by atoms with Gasteiger partial charge in [0.15, 0.2) is 0 Å². The minimum absolute atomic E-state index is 0.0743. The highest BCUT2D eigenvalue weighted by molar-refractivity contribution is 9.10. The number of aryl methyl sites for hydroxylation is 1. The molecule has 0 saturated carbocycles. The van der Waals surface area contributed by atoms with Crippen LogP contribution in [0.3, 0.4) is 0 Å². The van der Waals surface area contributed by atoms with Crippen LogP contribution in [0.25, 0.3) is 0 Å². The van der Waals surface area contributed by atoms with Gasteiger partial charge in [-0.25, -0.2) is 8.42 Å². The zero-order valence-corrected chi connectivity index (χ0v) is 11.3. The fraction of sp³-hybridized carbons (Fsp3) is 0.400. The predicted molar refractivity (Wildman–Crippen MR) is 68.0 cm³/mol. The summed E-state index contributed by atoms with van der Waals surface area (Å²) in [5, 5.41) is 8.58. The van der Waals surface area contributed by atoms with Crippen molar-refractivity contribution >= 4 is 31.6 Å². The van der Waals surface area contributed by atoms with E-state index in [4.69, 9.17) is 5.11 Å².